The number of hydrogen-bond acceptors (Lipinski definition) is 2. The van der Waals surface area contributed by atoms with E-state index in [2.05, 4.69) is 18.5 Å². The Balaban J connectivity index is 2.17. The molecule has 3 heteroatoms. The van der Waals surface area contributed by atoms with Crippen LogP contribution in [0.25, 0.3) is 10.9 Å². The molecule has 0 bridgehead atoms. The van der Waals surface area contributed by atoms with Crippen molar-refractivity contribution in [1.29, 1.82) is 0 Å². The molecule has 0 saturated heterocycles. The van der Waals surface area contributed by atoms with E-state index in [-0.39, 0.29) is 5.56 Å². The molecule has 2 rings (SSSR count). The zero-order valence-electron chi connectivity index (χ0n) is 10.7. The van der Waals surface area contributed by atoms with Crippen LogP contribution in [-0.2, 0) is 6.54 Å². The first kappa shape index (κ1) is 12.6. The molecule has 1 aromatic heterocycles. The number of benzene rings is 1. The summed E-state index contributed by atoms with van der Waals surface area (Å²) < 4.78 is 1.69. The minimum atomic E-state index is 0.0442. The van der Waals surface area contributed by atoms with Crippen molar-refractivity contribution < 1.29 is 0 Å². The van der Waals surface area contributed by atoms with Crippen LogP contribution in [0.1, 0.15) is 26.2 Å². The van der Waals surface area contributed by atoms with E-state index in [1.165, 1.54) is 5.57 Å². The molecular weight excluding hydrogens is 224 g/mol. The van der Waals surface area contributed by atoms with Crippen LogP contribution < -0.4 is 5.56 Å². The van der Waals surface area contributed by atoms with Gasteiger partial charge >= 0.3 is 0 Å². The van der Waals surface area contributed by atoms with E-state index < -0.39 is 0 Å². The fourth-order valence-corrected chi connectivity index (χ4v) is 1.94. The van der Waals surface area contributed by atoms with Crippen LogP contribution >= 0.6 is 0 Å². The first-order chi connectivity index (χ1) is 8.72. The van der Waals surface area contributed by atoms with Gasteiger partial charge in [-0.05, 0) is 31.4 Å². The predicted molar refractivity (Wildman–Crippen MR) is 74.7 cm³/mol. The van der Waals surface area contributed by atoms with Gasteiger partial charge < -0.3 is 0 Å². The standard InChI is InChI=1S/C15H18N2O/c1-3-12(2)7-6-10-17-11-16-14-9-5-4-8-13(14)15(17)18/h4-5,8-9,11H,2-3,6-7,10H2,1H3. The SMILES string of the molecule is C=C(CC)CCCn1cnc2ccccc2c1=O. The van der Waals surface area contributed by atoms with Crippen LogP contribution in [0, 0.1) is 0 Å². The van der Waals surface area contributed by atoms with Crippen LogP contribution in [-0.4, -0.2) is 9.55 Å². The van der Waals surface area contributed by atoms with Crippen LogP contribution in [0.2, 0.25) is 0 Å². The number of aromatic nitrogens is 2. The van der Waals surface area contributed by atoms with Gasteiger partial charge in [-0.3, -0.25) is 9.36 Å². The second kappa shape index (κ2) is 5.63. The lowest BCUT2D eigenvalue weighted by molar-refractivity contribution is 0.611. The first-order valence-corrected chi connectivity index (χ1v) is 6.33. The Labute approximate surface area is 107 Å². The lowest BCUT2D eigenvalue weighted by atomic mass is 10.1. The smallest absolute Gasteiger partial charge is 0.261 e. The van der Waals surface area contributed by atoms with Gasteiger partial charge in [0, 0.05) is 6.54 Å². The van der Waals surface area contributed by atoms with Crippen LogP contribution in [0.15, 0.2) is 47.5 Å². The molecule has 0 fully saturated rings. The van der Waals surface area contributed by atoms with Crippen molar-refractivity contribution >= 4 is 10.9 Å². The minimum Gasteiger partial charge on any atom is -0.299 e. The maximum Gasteiger partial charge on any atom is 0.261 e. The zero-order valence-corrected chi connectivity index (χ0v) is 10.7. The molecule has 0 radical (unpaired) electrons. The molecule has 2 aromatic rings. The van der Waals surface area contributed by atoms with Crippen molar-refractivity contribution in [2.45, 2.75) is 32.7 Å². The Morgan fingerprint density at radius 1 is 1.39 bits per heavy atom. The van der Waals surface area contributed by atoms with E-state index in [1.807, 2.05) is 24.3 Å². The molecule has 0 aliphatic heterocycles. The highest BCUT2D eigenvalue weighted by atomic mass is 16.1. The summed E-state index contributed by atoms with van der Waals surface area (Å²) in [6.45, 7) is 6.78. The van der Waals surface area contributed by atoms with E-state index in [0.29, 0.717) is 11.9 Å². The van der Waals surface area contributed by atoms with Gasteiger partial charge in [0.1, 0.15) is 0 Å². The second-order valence-electron chi connectivity index (χ2n) is 4.47. The van der Waals surface area contributed by atoms with Crippen LogP contribution in [0.5, 0.6) is 0 Å². The van der Waals surface area contributed by atoms with Crippen LogP contribution in [0.4, 0.5) is 0 Å². The molecule has 0 aliphatic rings. The number of hydrogen-bond donors (Lipinski definition) is 0. The third kappa shape index (κ3) is 2.67. The molecule has 0 atom stereocenters. The number of rotatable bonds is 5. The number of aryl methyl sites for hydroxylation is 1. The number of nitrogens with zero attached hydrogens (tertiary/aromatic N) is 2. The molecule has 3 nitrogen and oxygen atoms in total. The molecule has 0 amide bonds. The first-order valence-electron chi connectivity index (χ1n) is 6.33. The Bertz CT molecular complexity index is 613. The summed E-state index contributed by atoms with van der Waals surface area (Å²) in [5.41, 5.74) is 2.04. The molecule has 1 heterocycles. The topological polar surface area (TPSA) is 34.9 Å². The van der Waals surface area contributed by atoms with E-state index in [1.54, 1.807) is 10.9 Å². The van der Waals surface area contributed by atoms with Gasteiger partial charge in [-0.2, -0.15) is 0 Å². The van der Waals surface area contributed by atoms with E-state index in [4.69, 9.17) is 0 Å². The van der Waals surface area contributed by atoms with Crippen molar-refractivity contribution in [2.24, 2.45) is 0 Å². The third-order valence-electron chi connectivity index (χ3n) is 3.16. The maximum atomic E-state index is 12.2. The summed E-state index contributed by atoms with van der Waals surface area (Å²) in [6, 6.07) is 7.45. The minimum absolute atomic E-state index is 0.0442. The van der Waals surface area contributed by atoms with Gasteiger partial charge in [0.2, 0.25) is 0 Å². The van der Waals surface area contributed by atoms with Gasteiger partial charge in [-0.1, -0.05) is 31.2 Å². The molecular formula is C15H18N2O. The van der Waals surface area contributed by atoms with Crippen molar-refractivity contribution in [3.63, 3.8) is 0 Å². The summed E-state index contributed by atoms with van der Waals surface area (Å²) in [4.78, 5) is 16.5. The summed E-state index contributed by atoms with van der Waals surface area (Å²) in [5, 5.41) is 0.689. The summed E-state index contributed by atoms with van der Waals surface area (Å²) in [6.07, 6.45) is 4.55. The molecule has 94 valence electrons. The van der Waals surface area contributed by atoms with Crippen molar-refractivity contribution in [2.75, 3.05) is 0 Å². The highest BCUT2D eigenvalue weighted by Gasteiger charge is 2.02. The number of para-hydroxylation sites is 1. The zero-order chi connectivity index (χ0) is 13.0. The van der Waals surface area contributed by atoms with E-state index in [9.17, 15) is 4.79 Å². The summed E-state index contributed by atoms with van der Waals surface area (Å²) in [7, 11) is 0. The summed E-state index contributed by atoms with van der Waals surface area (Å²) in [5.74, 6) is 0. The number of allylic oxidation sites excluding steroid dienone is 1. The largest absolute Gasteiger partial charge is 0.299 e. The van der Waals surface area contributed by atoms with Gasteiger partial charge in [0.25, 0.3) is 5.56 Å². The van der Waals surface area contributed by atoms with Crippen molar-refractivity contribution in [3.05, 3.63) is 53.1 Å². The number of fused-ring (bicyclic) bond motifs is 1. The highest BCUT2D eigenvalue weighted by Crippen LogP contribution is 2.08. The Hall–Kier alpha value is -1.90. The summed E-state index contributed by atoms with van der Waals surface area (Å²) >= 11 is 0. The molecule has 1 aromatic carbocycles. The second-order valence-corrected chi connectivity index (χ2v) is 4.47. The predicted octanol–water partition coefficient (Wildman–Crippen LogP) is 3.14. The Kier molecular flexibility index (Phi) is 3.92. The monoisotopic (exact) mass is 242 g/mol. The molecule has 0 N–H and O–H groups in total. The quantitative estimate of drug-likeness (QED) is 0.755. The molecule has 0 spiro atoms. The van der Waals surface area contributed by atoms with Gasteiger partial charge in [0.15, 0.2) is 0 Å². The Morgan fingerprint density at radius 3 is 2.94 bits per heavy atom. The van der Waals surface area contributed by atoms with Gasteiger partial charge in [-0.15, -0.1) is 0 Å². The van der Waals surface area contributed by atoms with Crippen molar-refractivity contribution in [3.8, 4) is 0 Å². The van der Waals surface area contributed by atoms with E-state index in [0.717, 1.165) is 24.8 Å². The normalized spacial score (nSPS) is 10.7. The lowest BCUT2D eigenvalue weighted by Crippen LogP contribution is -2.20. The molecule has 0 aliphatic carbocycles. The fraction of sp³-hybridized carbons (Fsp3) is 0.333. The third-order valence-corrected chi connectivity index (χ3v) is 3.16. The Morgan fingerprint density at radius 2 is 2.17 bits per heavy atom. The van der Waals surface area contributed by atoms with Crippen LogP contribution in [0.3, 0.4) is 0 Å². The molecule has 0 saturated carbocycles. The lowest BCUT2D eigenvalue weighted by Gasteiger charge is -2.07. The van der Waals surface area contributed by atoms with Gasteiger partial charge in [-0.25, -0.2) is 4.98 Å². The van der Waals surface area contributed by atoms with E-state index >= 15 is 0 Å². The van der Waals surface area contributed by atoms with Gasteiger partial charge in [0.05, 0.1) is 17.2 Å². The highest BCUT2D eigenvalue weighted by molar-refractivity contribution is 5.76. The fourth-order valence-electron chi connectivity index (χ4n) is 1.94. The average Bonchev–Trinajstić information content (AvgIpc) is 2.41. The molecule has 18 heavy (non-hydrogen) atoms. The van der Waals surface area contributed by atoms with Crippen molar-refractivity contribution in [1.82, 2.24) is 9.55 Å². The maximum absolute atomic E-state index is 12.2. The average molecular weight is 242 g/mol. The molecule has 0 unspecified atom stereocenters.